The lowest BCUT2D eigenvalue weighted by atomic mass is 9.79. The Bertz CT molecular complexity index is 542. The molecule has 24 heavy (non-hydrogen) atoms. The fourth-order valence-electron chi connectivity index (χ4n) is 4.09. The Hall–Kier alpha value is -0.680. The van der Waals surface area contributed by atoms with Gasteiger partial charge in [0.2, 0.25) is 0 Å². The second-order valence-corrected chi connectivity index (χ2v) is 6.79. The molecule has 3 N–H and O–H groups in total. The summed E-state index contributed by atoms with van der Waals surface area (Å²) in [4.78, 5) is 2.59. The molecule has 2 heterocycles. The lowest BCUT2D eigenvalue weighted by Gasteiger charge is -2.46. The zero-order chi connectivity index (χ0) is 15.7. The number of nitrogens with two attached hydrogens (primary N) is 1. The van der Waals surface area contributed by atoms with Crippen molar-refractivity contribution in [1.82, 2.24) is 4.90 Å². The van der Waals surface area contributed by atoms with E-state index < -0.39 is 0 Å². The van der Waals surface area contributed by atoms with Gasteiger partial charge in [0.15, 0.2) is 11.5 Å². The Morgan fingerprint density at radius 2 is 2.08 bits per heavy atom. The normalized spacial score (nSPS) is 25.7. The molecule has 1 aromatic rings. The molecule has 2 aliphatic rings. The smallest absolute Gasteiger partial charge is 0.160 e. The van der Waals surface area contributed by atoms with Crippen molar-refractivity contribution in [3.8, 4) is 11.5 Å². The van der Waals surface area contributed by atoms with Crippen LogP contribution < -0.4 is 10.5 Å². The minimum atomic E-state index is 0. The van der Waals surface area contributed by atoms with Crippen LogP contribution in [0.2, 0.25) is 0 Å². The molecule has 0 aromatic heterocycles. The van der Waals surface area contributed by atoms with Crippen molar-refractivity contribution in [3.63, 3.8) is 0 Å². The zero-order valence-electron chi connectivity index (χ0n) is 14.5. The zero-order valence-corrected chi connectivity index (χ0v) is 16.2. The Morgan fingerprint density at radius 3 is 2.75 bits per heavy atom. The Kier molecular flexibility index (Phi) is 8.13. The number of methoxy groups -OCH3 is 1. The van der Waals surface area contributed by atoms with E-state index in [2.05, 4.69) is 11.8 Å². The molecule has 0 aliphatic carbocycles. The molecule has 3 rings (SSSR count). The number of fused-ring (bicyclic) bond motifs is 3. The highest BCUT2D eigenvalue weighted by molar-refractivity contribution is 5.85. The van der Waals surface area contributed by atoms with E-state index in [1.165, 1.54) is 30.4 Å². The van der Waals surface area contributed by atoms with E-state index in [0.29, 0.717) is 17.7 Å². The van der Waals surface area contributed by atoms with Gasteiger partial charge in [-0.05, 0) is 48.4 Å². The Balaban J connectivity index is 0.00000144. The van der Waals surface area contributed by atoms with E-state index >= 15 is 0 Å². The van der Waals surface area contributed by atoms with Crippen LogP contribution in [0.5, 0.6) is 11.5 Å². The van der Waals surface area contributed by atoms with Crippen molar-refractivity contribution >= 4 is 24.8 Å². The summed E-state index contributed by atoms with van der Waals surface area (Å²) in [5, 5.41) is 9.99. The molecule has 0 unspecified atom stereocenters. The second kappa shape index (κ2) is 9.14. The standard InChI is InChI=1S/C18H28N2O2.2ClH/c1-3-4-5-13-11-20-7-6-12-8-17(21)18(22-2)9-14(12)16(20)10-15(13)19;;/h8-9,13,15-16,21H,3-7,10-11,19H2,1-2H3;2*1H/t13-,15-,16-;;/m1../s1. The first-order valence-electron chi connectivity index (χ1n) is 8.53. The van der Waals surface area contributed by atoms with Gasteiger partial charge in [-0.2, -0.15) is 0 Å². The predicted octanol–water partition coefficient (Wildman–Crippen LogP) is 3.68. The molecule has 138 valence electrons. The summed E-state index contributed by atoms with van der Waals surface area (Å²) in [6.07, 6.45) is 5.77. The number of halogens is 2. The molecule has 0 bridgehead atoms. The van der Waals surface area contributed by atoms with Gasteiger partial charge in [-0.25, -0.2) is 0 Å². The number of hydrogen-bond acceptors (Lipinski definition) is 4. The van der Waals surface area contributed by atoms with E-state index in [1.807, 2.05) is 12.1 Å². The van der Waals surface area contributed by atoms with Crippen LogP contribution in [0.15, 0.2) is 12.1 Å². The van der Waals surface area contributed by atoms with Crippen molar-refractivity contribution in [2.24, 2.45) is 11.7 Å². The summed E-state index contributed by atoms with van der Waals surface area (Å²) >= 11 is 0. The molecule has 1 saturated heterocycles. The molecular weight excluding hydrogens is 347 g/mol. The van der Waals surface area contributed by atoms with Crippen molar-refractivity contribution in [2.75, 3.05) is 20.2 Å². The molecule has 1 aromatic carbocycles. The molecule has 0 amide bonds. The van der Waals surface area contributed by atoms with Gasteiger partial charge in [0.05, 0.1) is 7.11 Å². The number of unbranched alkanes of at least 4 members (excludes halogenated alkanes) is 1. The third-order valence-electron chi connectivity index (χ3n) is 5.41. The summed E-state index contributed by atoms with van der Waals surface area (Å²) in [6, 6.07) is 4.55. The lowest BCUT2D eigenvalue weighted by Crippen LogP contribution is -2.50. The second-order valence-electron chi connectivity index (χ2n) is 6.79. The van der Waals surface area contributed by atoms with Crippen LogP contribution in [0.25, 0.3) is 0 Å². The maximum absolute atomic E-state index is 9.99. The quantitative estimate of drug-likeness (QED) is 0.841. The number of phenolic OH excluding ortho intramolecular Hbond substituents is 1. The predicted molar refractivity (Wildman–Crippen MR) is 103 cm³/mol. The SMILES string of the molecule is CCCC[C@@H]1CN2CCc3cc(O)c(OC)cc3[C@H]2C[C@H]1N.Cl.Cl. The minimum absolute atomic E-state index is 0. The first-order chi connectivity index (χ1) is 10.6. The van der Waals surface area contributed by atoms with Crippen LogP contribution in [0.4, 0.5) is 0 Å². The van der Waals surface area contributed by atoms with Gasteiger partial charge in [0.1, 0.15) is 0 Å². The highest BCUT2D eigenvalue weighted by Crippen LogP contribution is 2.42. The number of aromatic hydroxyl groups is 1. The van der Waals surface area contributed by atoms with Crippen LogP contribution in [0, 0.1) is 5.92 Å². The number of hydrogen-bond donors (Lipinski definition) is 2. The van der Waals surface area contributed by atoms with Crippen LogP contribution >= 0.6 is 24.8 Å². The highest BCUT2D eigenvalue weighted by atomic mass is 35.5. The van der Waals surface area contributed by atoms with Crippen LogP contribution in [0.1, 0.15) is 49.8 Å². The number of nitrogens with zero attached hydrogens (tertiary/aromatic N) is 1. The first-order valence-corrected chi connectivity index (χ1v) is 8.53. The summed E-state index contributed by atoms with van der Waals surface area (Å²) in [5.41, 5.74) is 9.02. The maximum Gasteiger partial charge on any atom is 0.160 e. The van der Waals surface area contributed by atoms with Crippen molar-refractivity contribution < 1.29 is 9.84 Å². The minimum Gasteiger partial charge on any atom is -0.504 e. The average Bonchev–Trinajstić information content (AvgIpc) is 2.52. The van der Waals surface area contributed by atoms with E-state index in [0.717, 1.165) is 25.9 Å². The Morgan fingerprint density at radius 1 is 1.33 bits per heavy atom. The van der Waals surface area contributed by atoms with E-state index in [1.54, 1.807) is 7.11 Å². The third kappa shape index (κ3) is 4.10. The summed E-state index contributed by atoms with van der Waals surface area (Å²) in [5.74, 6) is 1.44. The Labute approximate surface area is 157 Å². The van der Waals surface area contributed by atoms with Crippen LogP contribution in [0.3, 0.4) is 0 Å². The van der Waals surface area contributed by atoms with Gasteiger partial charge in [0, 0.05) is 25.2 Å². The summed E-state index contributed by atoms with van der Waals surface area (Å²) < 4.78 is 5.29. The van der Waals surface area contributed by atoms with Gasteiger partial charge < -0.3 is 15.6 Å². The molecule has 1 fully saturated rings. The molecule has 0 saturated carbocycles. The molecule has 0 radical (unpaired) electrons. The first kappa shape index (κ1) is 21.4. The number of ether oxygens (including phenoxy) is 1. The number of benzene rings is 1. The van der Waals surface area contributed by atoms with Gasteiger partial charge in [-0.3, -0.25) is 4.90 Å². The van der Waals surface area contributed by atoms with Gasteiger partial charge >= 0.3 is 0 Å². The van der Waals surface area contributed by atoms with Gasteiger partial charge in [-0.15, -0.1) is 24.8 Å². The number of rotatable bonds is 4. The fourth-order valence-corrected chi connectivity index (χ4v) is 4.09. The fraction of sp³-hybridized carbons (Fsp3) is 0.667. The van der Waals surface area contributed by atoms with Crippen LogP contribution in [-0.2, 0) is 6.42 Å². The van der Waals surface area contributed by atoms with E-state index in [-0.39, 0.29) is 36.6 Å². The van der Waals surface area contributed by atoms with Gasteiger partial charge in [-0.1, -0.05) is 19.8 Å². The molecule has 3 atom stereocenters. The van der Waals surface area contributed by atoms with Crippen LogP contribution in [-0.4, -0.2) is 36.2 Å². The third-order valence-corrected chi connectivity index (χ3v) is 5.41. The summed E-state index contributed by atoms with van der Waals surface area (Å²) in [7, 11) is 1.61. The lowest BCUT2D eigenvalue weighted by molar-refractivity contribution is 0.0783. The molecule has 4 nitrogen and oxygen atoms in total. The van der Waals surface area contributed by atoms with E-state index in [4.69, 9.17) is 10.5 Å². The summed E-state index contributed by atoms with van der Waals surface area (Å²) in [6.45, 7) is 4.42. The van der Waals surface area contributed by atoms with Crippen molar-refractivity contribution in [1.29, 1.82) is 0 Å². The average molecular weight is 377 g/mol. The molecule has 2 aliphatic heterocycles. The van der Waals surface area contributed by atoms with Crippen molar-refractivity contribution in [2.45, 2.75) is 51.1 Å². The monoisotopic (exact) mass is 376 g/mol. The highest BCUT2D eigenvalue weighted by Gasteiger charge is 2.37. The maximum atomic E-state index is 9.99. The molecular formula is C18H30Cl2N2O2. The molecule has 6 heteroatoms. The van der Waals surface area contributed by atoms with Gasteiger partial charge in [0.25, 0.3) is 0 Å². The molecule has 0 spiro atoms. The number of piperidine rings is 1. The topological polar surface area (TPSA) is 58.7 Å². The number of phenols is 1. The van der Waals surface area contributed by atoms with E-state index in [9.17, 15) is 5.11 Å². The largest absolute Gasteiger partial charge is 0.504 e. The van der Waals surface area contributed by atoms with Crippen molar-refractivity contribution in [3.05, 3.63) is 23.3 Å².